The molecule has 0 unspecified atom stereocenters. The van der Waals surface area contributed by atoms with Gasteiger partial charge in [-0.25, -0.2) is 14.4 Å². The largest absolute Gasteiger partial charge is 0.327 e. The highest BCUT2D eigenvalue weighted by Gasteiger charge is 2.13. The lowest BCUT2D eigenvalue weighted by Crippen LogP contribution is -2.08. The summed E-state index contributed by atoms with van der Waals surface area (Å²) in [6, 6.07) is 12.8. The van der Waals surface area contributed by atoms with Gasteiger partial charge < -0.3 is 9.13 Å². The fraction of sp³-hybridized carbons (Fsp3) is 0.158. The Hall–Kier alpha value is -2.18. The second-order valence-electron chi connectivity index (χ2n) is 5.79. The van der Waals surface area contributed by atoms with E-state index in [1.54, 1.807) is 12.3 Å². The van der Waals surface area contributed by atoms with E-state index in [0.717, 1.165) is 33.7 Å². The van der Waals surface area contributed by atoms with Crippen molar-refractivity contribution in [2.75, 3.05) is 0 Å². The van der Waals surface area contributed by atoms with Crippen molar-refractivity contribution in [2.24, 2.45) is 0 Å². The van der Waals surface area contributed by atoms with E-state index in [-0.39, 0.29) is 18.2 Å². The van der Waals surface area contributed by atoms with Gasteiger partial charge >= 0.3 is 0 Å². The molecule has 0 atom stereocenters. The standard InChI is InChI=1S/C19H16BrFN4.ClH/c1-2-25-17-7-6-15(21)11-16(17)23-18(25)12-24-9-8-22-19(24)13-4-3-5-14(20)10-13;/h3-11H,2,12H2,1H3;1H. The van der Waals surface area contributed by atoms with E-state index in [9.17, 15) is 4.39 Å². The van der Waals surface area contributed by atoms with Crippen molar-refractivity contribution in [3.05, 3.63) is 71.0 Å². The molecule has 2 heterocycles. The lowest BCUT2D eigenvalue weighted by Gasteiger charge is -2.10. The first-order valence-corrected chi connectivity index (χ1v) is 8.86. The van der Waals surface area contributed by atoms with Crippen LogP contribution >= 0.6 is 28.3 Å². The predicted octanol–water partition coefficient (Wildman–Crippen LogP) is 5.29. The van der Waals surface area contributed by atoms with Gasteiger partial charge in [0.1, 0.15) is 17.5 Å². The van der Waals surface area contributed by atoms with E-state index >= 15 is 0 Å². The first-order chi connectivity index (χ1) is 12.2. The molecule has 0 aliphatic rings. The number of aryl methyl sites for hydroxylation is 1. The van der Waals surface area contributed by atoms with Gasteiger partial charge in [-0.1, -0.05) is 28.1 Å². The zero-order valence-electron chi connectivity index (χ0n) is 14.1. The Morgan fingerprint density at radius 2 is 2.00 bits per heavy atom. The lowest BCUT2D eigenvalue weighted by atomic mass is 10.2. The SMILES string of the molecule is CCn1c(Cn2ccnc2-c2cccc(Br)c2)nc2cc(F)ccc21.Cl. The molecular formula is C19H17BrClFN4. The lowest BCUT2D eigenvalue weighted by molar-refractivity contribution is 0.629. The molecule has 0 spiro atoms. The quantitative estimate of drug-likeness (QED) is 0.436. The van der Waals surface area contributed by atoms with Gasteiger partial charge in [-0.2, -0.15) is 0 Å². The second kappa shape index (κ2) is 7.60. The van der Waals surface area contributed by atoms with Gasteiger partial charge in [-0.15, -0.1) is 12.4 Å². The molecule has 0 fully saturated rings. The molecule has 2 aromatic heterocycles. The molecule has 2 aromatic carbocycles. The molecular weight excluding hydrogens is 419 g/mol. The van der Waals surface area contributed by atoms with Gasteiger partial charge in [0.15, 0.2) is 0 Å². The maximum Gasteiger partial charge on any atom is 0.140 e. The van der Waals surface area contributed by atoms with Gasteiger partial charge in [0, 0.05) is 35.0 Å². The highest BCUT2D eigenvalue weighted by Crippen LogP contribution is 2.23. The summed E-state index contributed by atoms with van der Waals surface area (Å²) in [5.41, 5.74) is 2.66. The predicted molar refractivity (Wildman–Crippen MR) is 107 cm³/mol. The minimum absolute atomic E-state index is 0. The van der Waals surface area contributed by atoms with Crippen LogP contribution in [0.4, 0.5) is 4.39 Å². The average molecular weight is 436 g/mol. The van der Waals surface area contributed by atoms with E-state index in [2.05, 4.69) is 42.0 Å². The van der Waals surface area contributed by atoms with Crippen LogP contribution in [-0.2, 0) is 13.1 Å². The first kappa shape index (κ1) is 18.6. The van der Waals surface area contributed by atoms with Crippen molar-refractivity contribution >= 4 is 39.4 Å². The van der Waals surface area contributed by atoms with Crippen LogP contribution in [0.25, 0.3) is 22.4 Å². The zero-order valence-corrected chi connectivity index (χ0v) is 16.5. The zero-order chi connectivity index (χ0) is 17.4. The number of benzene rings is 2. The Bertz CT molecular complexity index is 1060. The first-order valence-electron chi connectivity index (χ1n) is 8.07. The van der Waals surface area contributed by atoms with E-state index < -0.39 is 0 Å². The van der Waals surface area contributed by atoms with Gasteiger partial charge in [0.05, 0.1) is 17.6 Å². The Balaban J connectivity index is 0.00000196. The van der Waals surface area contributed by atoms with Crippen LogP contribution < -0.4 is 0 Å². The Labute approximate surface area is 165 Å². The molecule has 26 heavy (non-hydrogen) atoms. The fourth-order valence-electron chi connectivity index (χ4n) is 3.10. The summed E-state index contributed by atoms with van der Waals surface area (Å²) in [5.74, 6) is 1.50. The van der Waals surface area contributed by atoms with E-state index in [0.29, 0.717) is 12.1 Å². The van der Waals surface area contributed by atoms with E-state index in [1.165, 1.54) is 12.1 Å². The monoisotopic (exact) mass is 434 g/mol. The van der Waals surface area contributed by atoms with Crippen LogP contribution in [0, 0.1) is 5.82 Å². The Kier molecular flexibility index (Phi) is 5.44. The molecule has 0 bridgehead atoms. The maximum atomic E-state index is 13.5. The third-order valence-electron chi connectivity index (χ3n) is 4.22. The smallest absolute Gasteiger partial charge is 0.140 e. The van der Waals surface area contributed by atoms with Gasteiger partial charge in [0.2, 0.25) is 0 Å². The summed E-state index contributed by atoms with van der Waals surface area (Å²) < 4.78 is 18.7. The minimum Gasteiger partial charge on any atom is -0.327 e. The van der Waals surface area contributed by atoms with E-state index in [4.69, 9.17) is 0 Å². The summed E-state index contributed by atoms with van der Waals surface area (Å²) in [7, 11) is 0. The normalized spacial score (nSPS) is 10.9. The molecule has 0 amide bonds. The molecule has 0 aliphatic heterocycles. The Morgan fingerprint density at radius 1 is 1.15 bits per heavy atom. The highest BCUT2D eigenvalue weighted by molar-refractivity contribution is 9.10. The number of fused-ring (bicyclic) bond motifs is 1. The van der Waals surface area contributed by atoms with Crippen molar-refractivity contribution in [3.8, 4) is 11.4 Å². The van der Waals surface area contributed by atoms with Gasteiger partial charge in [0.25, 0.3) is 0 Å². The van der Waals surface area contributed by atoms with Crippen molar-refractivity contribution in [1.29, 1.82) is 0 Å². The molecule has 0 aliphatic carbocycles. The molecule has 0 saturated heterocycles. The summed E-state index contributed by atoms with van der Waals surface area (Å²) in [6.45, 7) is 3.42. The minimum atomic E-state index is -0.266. The number of hydrogen-bond acceptors (Lipinski definition) is 2. The van der Waals surface area contributed by atoms with Crippen LogP contribution in [0.2, 0.25) is 0 Å². The van der Waals surface area contributed by atoms with Crippen LogP contribution in [0.3, 0.4) is 0 Å². The van der Waals surface area contributed by atoms with Crippen LogP contribution in [0.15, 0.2) is 59.3 Å². The number of hydrogen-bond donors (Lipinski definition) is 0. The number of aromatic nitrogens is 4. The molecule has 7 heteroatoms. The van der Waals surface area contributed by atoms with Gasteiger partial charge in [-0.05, 0) is 31.2 Å². The van der Waals surface area contributed by atoms with Crippen molar-refractivity contribution in [3.63, 3.8) is 0 Å². The highest BCUT2D eigenvalue weighted by atomic mass is 79.9. The maximum absolute atomic E-state index is 13.5. The van der Waals surface area contributed by atoms with Crippen LogP contribution in [0.1, 0.15) is 12.7 Å². The van der Waals surface area contributed by atoms with Crippen LogP contribution in [0.5, 0.6) is 0 Å². The van der Waals surface area contributed by atoms with Crippen molar-refractivity contribution in [1.82, 2.24) is 19.1 Å². The summed E-state index contributed by atoms with van der Waals surface area (Å²) >= 11 is 3.50. The second-order valence-corrected chi connectivity index (χ2v) is 6.71. The topological polar surface area (TPSA) is 35.6 Å². The molecule has 4 nitrogen and oxygen atoms in total. The fourth-order valence-corrected chi connectivity index (χ4v) is 3.50. The molecule has 4 rings (SSSR count). The summed E-state index contributed by atoms with van der Waals surface area (Å²) in [6.07, 6.45) is 3.73. The Morgan fingerprint density at radius 3 is 2.77 bits per heavy atom. The summed E-state index contributed by atoms with van der Waals surface area (Å²) in [4.78, 5) is 9.13. The number of nitrogens with zero attached hydrogens (tertiary/aromatic N) is 4. The van der Waals surface area contributed by atoms with Crippen LogP contribution in [-0.4, -0.2) is 19.1 Å². The molecule has 134 valence electrons. The number of rotatable bonds is 4. The number of halogens is 3. The van der Waals surface area contributed by atoms with Crippen molar-refractivity contribution < 1.29 is 4.39 Å². The third kappa shape index (κ3) is 3.39. The number of imidazole rings is 2. The molecule has 4 aromatic rings. The summed E-state index contributed by atoms with van der Waals surface area (Å²) in [5, 5.41) is 0. The molecule has 0 saturated carbocycles. The third-order valence-corrected chi connectivity index (χ3v) is 4.71. The van der Waals surface area contributed by atoms with E-state index in [1.807, 2.05) is 30.5 Å². The molecule has 0 radical (unpaired) electrons. The average Bonchev–Trinajstić information content (AvgIpc) is 3.18. The molecule has 0 N–H and O–H groups in total. The van der Waals surface area contributed by atoms with Crippen molar-refractivity contribution in [2.45, 2.75) is 20.0 Å². The van der Waals surface area contributed by atoms with Gasteiger partial charge in [-0.3, -0.25) is 0 Å².